The van der Waals surface area contributed by atoms with Crippen LogP contribution in [0.1, 0.15) is 49.3 Å². The number of hydrogen-bond acceptors (Lipinski definition) is 6. The molecule has 0 aliphatic carbocycles. The zero-order chi connectivity index (χ0) is 22.7. The number of carbonyl (C=O) groups is 1. The maximum Gasteiger partial charge on any atom is 0.238 e. The molecule has 1 amide bonds. The number of nitrogens with one attached hydrogen (secondary N) is 2. The fourth-order valence-corrected chi connectivity index (χ4v) is 5.14. The highest BCUT2D eigenvalue weighted by atomic mass is 16.3. The maximum atomic E-state index is 13.0. The summed E-state index contributed by atoms with van der Waals surface area (Å²) in [6, 6.07) is 7.49. The summed E-state index contributed by atoms with van der Waals surface area (Å²) in [4.78, 5) is 14.8. The van der Waals surface area contributed by atoms with Crippen LogP contribution in [0.4, 0.5) is 0 Å². The predicted octanol–water partition coefficient (Wildman–Crippen LogP) is 1.25. The van der Waals surface area contributed by atoms with Gasteiger partial charge in [-0.25, -0.2) is 0 Å². The normalized spacial score (nSPS) is 23.4. The summed E-state index contributed by atoms with van der Waals surface area (Å²) < 4.78 is 1.98. The van der Waals surface area contributed by atoms with Crippen LogP contribution in [0.5, 0.6) is 0 Å². The van der Waals surface area contributed by atoms with Crippen molar-refractivity contribution in [3.63, 3.8) is 0 Å². The van der Waals surface area contributed by atoms with E-state index < -0.39 is 12.1 Å². The van der Waals surface area contributed by atoms with Gasteiger partial charge < -0.3 is 20.8 Å². The van der Waals surface area contributed by atoms with E-state index in [-0.39, 0.29) is 18.6 Å². The number of likely N-dealkylation sites (tertiary alicyclic amines) is 1. The number of β-amino-alcohol motifs (C(OH)–C–C–N with tert-alkyl or cyclic N) is 1. The quantitative estimate of drug-likeness (QED) is 0.516. The SMILES string of the molecule is CCn1nccc1-c1ccc(C(CO)NC(=O)C2CC(O)CN2C)c(C2CCNCC2)c1. The highest BCUT2D eigenvalue weighted by Gasteiger charge is 2.35. The van der Waals surface area contributed by atoms with E-state index in [2.05, 4.69) is 34.8 Å². The molecule has 3 atom stereocenters. The summed E-state index contributed by atoms with van der Waals surface area (Å²) in [6.07, 6.45) is 3.79. The van der Waals surface area contributed by atoms with E-state index in [1.165, 1.54) is 5.56 Å². The summed E-state index contributed by atoms with van der Waals surface area (Å²) in [5, 5.41) is 31.1. The third kappa shape index (κ3) is 4.73. The molecular weight excluding hydrogens is 406 g/mol. The van der Waals surface area contributed by atoms with Gasteiger partial charge in [-0.3, -0.25) is 14.4 Å². The Kier molecular flexibility index (Phi) is 7.25. The van der Waals surface area contributed by atoms with Crippen LogP contribution >= 0.6 is 0 Å². The summed E-state index contributed by atoms with van der Waals surface area (Å²) >= 11 is 0. The number of aromatic nitrogens is 2. The van der Waals surface area contributed by atoms with Crippen LogP contribution in [-0.2, 0) is 11.3 Å². The smallest absolute Gasteiger partial charge is 0.238 e. The van der Waals surface area contributed by atoms with Crippen molar-refractivity contribution in [1.29, 1.82) is 0 Å². The number of aryl methyl sites for hydroxylation is 1. The summed E-state index contributed by atoms with van der Waals surface area (Å²) in [5.41, 5.74) is 4.33. The number of likely N-dealkylation sites (N-methyl/N-ethyl adjacent to an activating group) is 1. The Morgan fingerprint density at radius 1 is 1.31 bits per heavy atom. The molecule has 3 heterocycles. The van der Waals surface area contributed by atoms with Gasteiger partial charge in [0.2, 0.25) is 5.91 Å². The Morgan fingerprint density at radius 2 is 2.09 bits per heavy atom. The van der Waals surface area contributed by atoms with Gasteiger partial charge in [0.05, 0.1) is 30.5 Å². The van der Waals surface area contributed by atoms with Crippen LogP contribution < -0.4 is 10.6 Å². The average Bonchev–Trinajstić information content (AvgIpc) is 3.43. The molecule has 0 saturated carbocycles. The third-order valence-corrected chi connectivity index (χ3v) is 6.88. The molecule has 32 heavy (non-hydrogen) atoms. The molecule has 1 aromatic heterocycles. The van der Waals surface area contributed by atoms with Gasteiger partial charge in [-0.2, -0.15) is 5.10 Å². The molecule has 4 rings (SSSR count). The predicted molar refractivity (Wildman–Crippen MR) is 123 cm³/mol. The van der Waals surface area contributed by atoms with Gasteiger partial charge in [-0.05, 0) is 75.5 Å². The van der Waals surface area contributed by atoms with Crippen molar-refractivity contribution in [3.05, 3.63) is 41.6 Å². The number of piperidine rings is 1. The topological polar surface area (TPSA) is 103 Å². The molecule has 0 radical (unpaired) electrons. The molecule has 1 aromatic carbocycles. The van der Waals surface area contributed by atoms with E-state index in [0.29, 0.717) is 18.9 Å². The fraction of sp³-hybridized carbons (Fsp3) is 0.583. The Hall–Kier alpha value is -2.26. The molecule has 4 N–H and O–H groups in total. The third-order valence-electron chi connectivity index (χ3n) is 6.88. The number of hydrogen-bond donors (Lipinski definition) is 4. The zero-order valence-corrected chi connectivity index (χ0v) is 19.0. The van der Waals surface area contributed by atoms with Crippen LogP contribution in [0.2, 0.25) is 0 Å². The number of aliphatic hydroxyl groups excluding tert-OH is 2. The molecule has 2 fully saturated rings. The van der Waals surface area contributed by atoms with E-state index in [0.717, 1.165) is 49.3 Å². The van der Waals surface area contributed by atoms with E-state index in [1.54, 1.807) is 0 Å². The first-order chi connectivity index (χ1) is 15.5. The van der Waals surface area contributed by atoms with Crippen molar-refractivity contribution < 1.29 is 15.0 Å². The van der Waals surface area contributed by atoms with Gasteiger partial charge >= 0.3 is 0 Å². The zero-order valence-electron chi connectivity index (χ0n) is 19.0. The lowest BCUT2D eigenvalue weighted by atomic mass is 9.83. The largest absolute Gasteiger partial charge is 0.394 e. The second kappa shape index (κ2) is 10.1. The molecule has 0 bridgehead atoms. The fourth-order valence-electron chi connectivity index (χ4n) is 5.14. The Morgan fingerprint density at radius 3 is 2.75 bits per heavy atom. The monoisotopic (exact) mass is 441 g/mol. The second-order valence-electron chi connectivity index (χ2n) is 8.99. The lowest BCUT2D eigenvalue weighted by molar-refractivity contribution is -0.126. The van der Waals surface area contributed by atoms with Gasteiger partial charge in [0, 0.05) is 24.8 Å². The maximum absolute atomic E-state index is 13.0. The van der Waals surface area contributed by atoms with Crippen molar-refractivity contribution in [2.45, 2.75) is 56.8 Å². The van der Waals surface area contributed by atoms with Gasteiger partial charge in [0.15, 0.2) is 0 Å². The number of rotatable bonds is 7. The van der Waals surface area contributed by atoms with Crippen LogP contribution in [0.15, 0.2) is 30.5 Å². The van der Waals surface area contributed by atoms with Crippen molar-refractivity contribution in [1.82, 2.24) is 25.3 Å². The number of benzene rings is 1. The first kappa shape index (κ1) is 22.9. The second-order valence-corrected chi connectivity index (χ2v) is 8.99. The van der Waals surface area contributed by atoms with Crippen molar-refractivity contribution in [3.8, 4) is 11.3 Å². The molecule has 0 spiro atoms. The van der Waals surface area contributed by atoms with E-state index in [1.807, 2.05) is 35.0 Å². The molecule has 8 heteroatoms. The van der Waals surface area contributed by atoms with Crippen LogP contribution in [0.3, 0.4) is 0 Å². The number of carbonyl (C=O) groups excluding carboxylic acids is 1. The van der Waals surface area contributed by atoms with Crippen molar-refractivity contribution in [2.75, 3.05) is 33.3 Å². The van der Waals surface area contributed by atoms with Crippen LogP contribution in [0, 0.1) is 0 Å². The van der Waals surface area contributed by atoms with E-state index >= 15 is 0 Å². The van der Waals surface area contributed by atoms with Gasteiger partial charge in [0.25, 0.3) is 0 Å². The molecule has 8 nitrogen and oxygen atoms in total. The summed E-state index contributed by atoms with van der Waals surface area (Å²) in [6.45, 7) is 5.11. The first-order valence-electron chi connectivity index (χ1n) is 11.7. The average molecular weight is 442 g/mol. The first-order valence-corrected chi connectivity index (χ1v) is 11.7. The molecule has 3 unspecified atom stereocenters. The number of amides is 1. The molecule has 2 aliphatic rings. The highest BCUT2D eigenvalue weighted by molar-refractivity contribution is 5.82. The Labute approximate surface area is 189 Å². The number of nitrogens with zero attached hydrogens (tertiary/aromatic N) is 3. The Balaban J connectivity index is 1.65. The lowest BCUT2D eigenvalue weighted by Gasteiger charge is -2.29. The molecule has 174 valence electrons. The van der Waals surface area contributed by atoms with Gasteiger partial charge in [-0.1, -0.05) is 12.1 Å². The molecule has 2 aliphatic heterocycles. The van der Waals surface area contributed by atoms with Gasteiger partial charge in [-0.15, -0.1) is 0 Å². The molecule has 2 aromatic rings. The highest BCUT2D eigenvalue weighted by Crippen LogP contribution is 2.35. The molecule has 2 saturated heterocycles. The van der Waals surface area contributed by atoms with Crippen LogP contribution in [0.25, 0.3) is 11.3 Å². The standard InChI is InChI=1S/C24H35N5O3/c1-3-29-22(8-11-26-29)17-4-5-19(20(12-17)16-6-9-25-10-7-16)21(15-30)27-24(32)23-13-18(31)14-28(23)2/h4-5,8,11-12,16,18,21,23,25,30-31H,3,6-7,9-10,13-15H2,1-2H3,(H,27,32). The van der Waals surface area contributed by atoms with Crippen LogP contribution in [-0.4, -0.2) is 76.2 Å². The summed E-state index contributed by atoms with van der Waals surface area (Å²) in [7, 11) is 1.85. The number of aliphatic hydroxyl groups is 2. The lowest BCUT2D eigenvalue weighted by Crippen LogP contribution is -2.44. The van der Waals surface area contributed by atoms with Crippen molar-refractivity contribution >= 4 is 5.91 Å². The minimum Gasteiger partial charge on any atom is -0.394 e. The molecular formula is C24H35N5O3. The van der Waals surface area contributed by atoms with Crippen molar-refractivity contribution in [2.24, 2.45) is 0 Å². The van der Waals surface area contributed by atoms with E-state index in [4.69, 9.17) is 0 Å². The minimum atomic E-state index is -0.490. The van der Waals surface area contributed by atoms with E-state index in [9.17, 15) is 15.0 Å². The summed E-state index contributed by atoms with van der Waals surface area (Å²) in [5.74, 6) is 0.221. The minimum absolute atomic E-state index is 0.146. The van der Waals surface area contributed by atoms with Gasteiger partial charge in [0.1, 0.15) is 0 Å². The Bertz CT molecular complexity index is 924.